The predicted octanol–water partition coefficient (Wildman–Crippen LogP) is 4.21. The highest BCUT2D eigenvalue weighted by atomic mass is 35.5. The average molecular weight is 506 g/mol. The molecule has 0 bridgehead atoms. The van der Waals surface area contributed by atoms with Crippen LogP contribution in [-0.4, -0.2) is 29.8 Å². The standard InChI is InChI=1S/C23H18ClF2N3O4S/c1-23(2)21(30)18(20(33-23)17-6-7-28-22(27)29-17)16-9-13(24)8-12(19(16)26)11-34(31,32)15-5-3-4-14(25)10-15/h3-10H,11H2,1-2H3,(H2,27,28,29). The minimum atomic E-state index is -4.13. The van der Waals surface area contributed by atoms with E-state index >= 15 is 4.39 Å². The molecule has 1 aliphatic rings. The van der Waals surface area contributed by atoms with Gasteiger partial charge in [0.2, 0.25) is 11.7 Å². The average Bonchev–Trinajstić information content (AvgIpc) is 2.99. The largest absolute Gasteiger partial charge is 0.477 e. The van der Waals surface area contributed by atoms with Crippen LogP contribution >= 0.6 is 11.6 Å². The van der Waals surface area contributed by atoms with Crippen molar-refractivity contribution in [3.63, 3.8) is 0 Å². The number of benzene rings is 2. The molecule has 0 amide bonds. The van der Waals surface area contributed by atoms with Gasteiger partial charge in [-0.25, -0.2) is 27.2 Å². The van der Waals surface area contributed by atoms with Crippen LogP contribution in [0.4, 0.5) is 14.7 Å². The first-order valence-corrected chi connectivity index (χ1v) is 12.0. The van der Waals surface area contributed by atoms with E-state index in [0.717, 1.165) is 18.2 Å². The number of carbonyl (C=O) groups excluding carboxylic acids is 1. The number of rotatable bonds is 5. The van der Waals surface area contributed by atoms with Crippen LogP contribution in [0.15, 0.2) is 53.6 Å². The molecular formula is C23H18ClF2N3O4S. The highest BCUT2D eigenvalue weighted by Crippen LogP contribution is 2.42. The Morgan fingerprint density at radius 3 is 2.56 bits per heavy atom. The van der Waals surface area contributed by atoms with Gasteiger partial charge in [0.1, 0.15) is 17.3 Å². The molecule has 1 aromatic heterocycles. The number of ketones is 1. The number of aromatic nitrogens is 2. The summed E-state index contributed by atoms with van der Waals surface area (Å²) in [6.07, 6.45) is 1.35. The first kappa shape index (κ1) is 23.8. The number of hydrogen-bond donors (Lipinski definition) is 1. The van der Waals surface area contributed by atoms with Crippen LogP contribution in [0.1, 0.15) is 30.7 Å². The number of sulfone groups is 1. The Morgan fingerprint density at radius 2 is 1.88 bits per heavy atom. The van der Waals surface area contributed by atoms with Crippen molar-refractivity contribution in [2.75, 3.05) is 5.73 Å². The number of Topliss-reactive ketones (excluding diaryl/α,β-unsaturated/α-hetero) is 1. The van der Waals surface area contributed by atoms with E-state index in [4.69, 9.17) is 22.1 Å². The van der Waals surface area contributed by atoms with Crippen LogP contribution in [0.2, 0.25) is 5.02 Å². The summed E-state index contributed by atoms with van der Waals surface area (Å²) in [6.45, 7) is 3.01. The zero-order valence-electron chi connectivity index (χ0n) is 18.0. The lowest BCUT2D eigenvalue weighted by molar-refractivity contribution is -0.125. The van der Waals surface area contributed by atoms with Gasteiger partial charge in [0.25, 0.3) is 0 Å². The number of ether oxygens (including phenoxy) is 1. The Labute approximate surface area is 199 Å². The van der Waals surface area contributed by atoms with E-state index < -0.39 is 38.6 Å². The van der Waals surface area contributed by atoms with Crippen molar-refractivity contribution in [3.05, 3.63) is 82.1 Å². The Kier molecular flexibility index (Phi) is 5.91. The maximum absolute atomic E-state index is 15.7. The van der Waals surface area contributed by atoms with Crippen molar-refractivity contribution in [2.24, 2.45) is 0 Å². The third kappa shape index (κ3) is 4.38. The van der Waals surface area contributed by atoms with Crippen LogP contribution in [0.3, 0.4) is 0 Å². The van der Waals surface area contributed by atoms with E-state index in [2.05, 4.69) is 9.97 Å². The molecule has 2 aromatic carbocycles. The zero-order valence-corrected chi connectivity index (χ0v) is 19.5. The lowest BCUT2D eigenvalue weighted by Crippen LogP contribution is -2.29. The Balaban J connectivity index is 1.88. The molecule has 3 aromatic rings. The summed E-state index contributed by atoms with van der Waals surface area (Å²) in [5.74, 6) is -3.21. The van der Waals surface area contributed by atoms with Crippen molar-refractivity contribution in [1.82, 2.24) is 9.97 Å². The topological polar surface area (TPSA) is 112 Å². The fourth-order valence-corrected chi connectivity index (χ4v) is 5.17. The second kappa shape index (κ2) is 8.44. The highest BCUT2D eigenvalue weighted by Gasteiger charge is 2.44. The molecule has 1 aliphatic heterocycles. The van der Waals surface area contributed by atoms with Crippen LogP contribution in [0.5, 0.6) is 0 Å². The van der Waals surface area contributed by atoms with Crippen molar-refractivity contribution in [2.45, 2.75) is 30.1 Å². The van der Waals surface area contributed by atoms with Gasteiger partial charge in [-0.1, -0.05) is 17.7 Å². The van der Waals surface area contributed by atoms with Gasteiger partial charge in [-0.2, -0.15) is 0 Å². The third-order valence-electron chi connectivity index (χ3n) is 5.15. The van der Waals surface area contributed by atoms with E-state index in [1.54, 1.807) is 0 Å². The highest BCUT2D eigenvalue weighted by molar-refractivity contribution is 7.90. The van der Waals surface area contributed by atoms with Crippen LogP contribution < -0.4 is 5.73 Å². The predicted molar refractivity (Wildman–Crippen MR) is 122 cm³/mol. The molecule has 0 spiro atoms. The summed E-state index contributed by atoms with van der Waals surface area (Å²) in [4.78, 5) is 20.7. The van der Waals surface area contributed by atoms with Gasteiger partial charge < -0.3 is 10.5 Å². The number of nitrogen functional groups attached to an aromatic ring is 1. The summed E-state index contributed by atoms with van der Waals surface area (Å²) in [5, 5.41) is -0.00704. The maximum Gasteiger partial charge on any atom is 0.220 e. The molecule has 0 saturated heterocycles. The molecule has 0 aliphatic carbocycles. The molecule has 4 rings (SSSR count). The molecule has 34 heavy (non-hydrogen) atoms. The van der Waals surface area contributed by atoms with E-state index in [1.807, 2.05) is 0 Å². The van der Waals surface area contributed by atoms with Crippen molar-refractivity contribution >= 4 is 44.5 Å². The SMILES string of the molecule is CC1(C)OC(c2ccnc(N)n2)=C(c2cc(Cl)cc(CS(=O)(=O)c3cccc(F)c3)c2F)C1=O. The number of nitrogens with zero attached hydrogens (tertiary/aromatic N) is 2. The Bertz CT molecular complexity index is 1470. The van der Waals surface area contributed by atoms with Gasteiger partial charge in [-0.15, -0.1) is 0 Å². The summed E-state index contributed by atoms with van der Waals surface area (Å²) in [7, 11) is -4.13. The van der Waals surface area contributed by atoms with Gasteiger partial charge in [0.15, 0.2) is 21.2 Å². The molecule has 0 radical (unpaired) electrons. The maximum atomic E-state index is 15.7. The number of halogens is 3. The number of nitrogens with two attached hydrogens (primary N) is 1. The number of carbonyl (C=O) groups is 1. The molecule has 0 fully saturated rings. The van der Waals surface area contributed by atoms with Crippen LogP contribution in [0, 0.1) is 11.6 Å². The Morgan fingerprint density at radius 1 is 1.15 bits per heavy atom. The van der Waals surface area contributed by atoms with Crippen molar-refractivity contribution in [1.29, 1.82) is 0 Å². The number of hydrogen-bond acceptors (Lipinski definition) is 7. The van der Waals surface area contributed by atoms with Crippen molar-refractivity contribution < 1.29 is 26.7 Å². The molecule has 7 nitrogen and oxygen atoms in total. The van der Waals surface area contributed by atoms with Gasteiger partial charge in [0, 0.05) is 22.3 Å². The minimum absolute atomic E-state index is 0.00704. The molecule has 0 unspecified atom stereocenters. The zero-order chi connectivity index (χ0) is 24.8. The van der Waals surface area contributed by atoms with Crippen LogP contribution in [-0.2, 0) is 25.1 Å². The summed E-state index contributed by atoms with van der Waals surface area (Å²) >= 11 is 6.20. The first-order valence-electron chi connectivity index (χ1n) is 9.92. The molecule has 2 heterocycles. The van der Waals surface area contributed by atoms with Gasteiger partial charge >= 0.3 is 0 Å². The minimum Gasteiger partial charge on any atom is -0.477 e. The normalized spacial score (nSPS) is 15.5. The van der Waals surface area contributed by atoms with Crippen molar-refractivity contribution in [3.8, 4) is 0 Å². The van der Waals surface area contributed by atoms with E-state index in [-0.39, 0.29) is 44.0 Å². The third-order valence-corrected chi connectivity index (χ3v) is 7.03. The Hall–Kier alpha value is -3.37. The molecule has 0 saturated carbocycles. The van der Waals surface area contributed by atoms with Gasteiger partial charge in [-0.3, -0.25) is 4.79 Å². The van der Waals surface area contributed by atoms with E-state index in [9.17, 15) is 17.6 Å². The lowest BCUT2D eigenvalue weighted by Gasteiger charge is -2.17. The number of anilines is 1. The molecule has 11 heteroatoms. The van der Waals surface area contributed by atoms with Crippen LogP contribution in [0.25, 0.3) is 11.3 Å². The lowest BCUT2D eigenvalue weighted by atomic mass is 9.92. The van der Waals surface area contributed by atoms with E-state index in [1.165, 1.54) is 44.3 Å². The summed E-state index contributed by atoms with van der Waals surface area (Å²) in [5.41, 5.74) is 3.74. The first-order chi connectivity index (χ1) is 15.9. The fraction of sp³-hybridized carbons (Fsp3) is 0.174. The second-order valence-corrected chi connectivity index (χ2v) is 10.5. The van der Waals surface area contributed by atoms with Gasteiger partial charge in [-0.05, 0) is 50.2 Å². The smallest absolute Gasteiger partial charge is 0.220 e. The molecule has 2 N–H and O–H groups in total. The monoisotopic (exact) mass is 505 g/mol. The quantitative estimate of drug-likeness (QED) is 0.552. The van der Waals surface area contributed by atoms with Gasteiger partial charge in [0.05, 0.1) is 16.2 Å². The summed E-state index contributed by atoms with van der Waals surface area (Å²) < 4.78 is 60.7. The molecular weight excluding hydrogens is 488 g/mol. The molecule has 176 valence electrons. The molecule has 0 atom stereocenters. The summed E-state index contributed by atoms with van der Waals surface area (Å²) in [6, 6.07) is 8.18. The fourth-order valence-electron chi connectivity index (χ4n) is 3.56. The van der Waals surface area contributed by atoms with E-state index in [0.29, 0.717) is 0 Å². The second-order valence-electron chi connectivity index (χ2n) is 8.09.